The summed E-state index contributed by atoms with van der Waals surface area (Å²) < 4.78 is 41.6. The zero-order valence-electron chi connectivity index (χ0n) is 16.5. The van der Waals surface area contributed by atoms with E-state index in [-0.39, 0.29) is 18.1 Å². The normalized spacial score (nSPS) is 19.4. The van der Waals surface area contributed by atoms with Crippen molar-refractivity contribution in [2.45, 2.75) is 38.1 Å². The largest absolute Gasteiger partial charge is 0.416 e. The average Bonchev–Trinajstić information content (AvgIpc) is 3.32. The van der Waals surface area contributed by atoms with E-state index in [2.05, 4.69) is 15.2 Å². The van der Waals surface area contributed by atoms with Crippen molar-refractivity contribution in [3.8, 4) is 5.69 Å². The van der Waals surface area contributed by atoms with Gasteiger partial charge in [-0.15, -0.1) is 0 Å². The molecule has 1 aliphatic rings. The number of halogens is 3. The maximum Gasteiger partial charge on any atom is 0.416 e. The second-order valence-corrected chi connectivity index (χ2v) is 7.87. The molecule has 0 bridgehead atoms. The molecular weight excluding hydrogens is 409 g/mol. The Balaban J connectivity index is 1.83. The van der Waals surface area contributed by atoms with Crippen molar-refractivity contribution in [3.05, 3.63) is 83.9 Å². The predicted octanol–water partition coefficient (Wildman–Crippen LogP) is 5.27. The van der Waals surface area contributed by atoms with Gasteiger partial charge in [0.15, 0.2) is 5.11 Å². The molecule has 0 saturated carbocycles. The molecule has 2 aromatic heterocycles. The lowest BCUT2D eigenvalue weighted by molar-refractivity contribution is -0.137. The van der Waals surface area contributed by atoms with Gasteiger partial charge >= 0.3 is 6.18 Å². The smallest absolute Gasteiger partial charge is 0.352 e. The Kier molecular flexibility index (Phi) is 5.27. The molecule has 4 nitrogen and oxygen atoms in total. The minimum absolute atomic E-state index is 0.0913. The van der Waals surface area contributed by atoms with Crippen molar-refractivity contribution in [2.75, 3.05) is 0 Å². The lowest BCUT2D eigenvalue weighted by Gasteiger charge is -2.31. The molecule has 156 valence electrons. The summed E-state index contributed by atoms with van der Waals surface area (Å²) in [4.78, 5) is 6.57. The first kappa shape index (κ1) is 20.4. The van der Waals surface area contributed by atoms with Crippen molar-refractivity contribution in [2.24, 2.45) is 0 Å². The molecular formula is C22H21F3N4S. The molecule has 0 aliphatic carbocycles. The van der Waals surface area contributed by atoms with Crippen LogP contribution in [0.25, 0.3) is 5.69 Å². The summed E-state index contributed by atoms with van der Waals surface area (Å²) in [5.74, 6) is 0. The van der Waals surface area contributed by atoms with Crippen LogP contribution in [0.3, 0.4) is 0 Å². The van der Waals surface area contributed by atoms with Gasteiger partial charge in [-0.3, -0.25) is 4.98 Å². The zero-order chi connectivity index (χ0) is 21.5. The number of alkyl halides is 3. The molecule has 1 N–H and O–H groups in total. The number of aromatic nitrogens is 2. The topological polar surface area (TPSA) is 33.1 Å². The van der Waals surface area contributed by atoms with Crippen molar-refractivity contribution in [3.63, 3.8) is 0 Å². The van der Waals surface area contributed by atoms with Crippen LogP contribution in [-0.4, -0.2) is 25.6 Å². The van der Waals surface area contributed by atoms with Crippen LogP contribution in [0.4, 0.5) is 13.2 Å². The van der Waals surface area contributed by atoms with Gasteiger partial charge in [0.25, 0.3) is 0 Å². The monoisotopic (exact) mass is 430 g/mol. The Morgan fingerprint density at radius 2 is 1.87 bits per heavy atom. The summed E-state index contributed by atoms with van der Waals surface area (Å²) >= 11 is 5.60. The van der Waals surface area contributed by atoms with Crippen molar-refractivity contribution in [1.82, 2.24) is 19.8 Å². The van der Waals surface area contributed by atoms with Gasteiger partial charge in [-0.25, -0.2) is 0 Å². The van der Waals surface area contributed by atoms with E-state index in [1.54, 1.807) is 23.0 Å². The van der Waals surface area contributed by atoms with E-state index in [4.69, 9.17) is 12.2 Å². The fourth-order valence-corrected chi connectivity index (χ4v) is 4.39. The fraction of sp³-hybridized carbons (Fsp3) is 0.273. The summed E-state index contributed by atoms with van der Waals surface area (Å²) in [6, 6.07) is 14.4. The molecule has 3 heterocycles. The lowest BCUT2D eigenvalue weighted by Crippen LogP contribution is -2.36. The van der Waals surface area contributed by atoms with Crippen molar-refractivity contribution < 1.29 is 13.2 Å². The van der Waals surface area contributed by atoms with E-state index >= 15 is 0 Å². The van der Waals surface area contributed by atoms with E-state index in [1.807, 2.05) is 44.2 Å². The Morgan fingerprint density at radius 1 is 1.07 bits per heavy atom. The minimum Gasteiger partial charge on any atom is -0.352 e. The minimum atomic E-state index is -4.40. The maximum atomic E-state index is 13.3. The van der Waals surface area contributed by atoms with Crippen LogP contribution in [-0.2, 0) is 6.18 Å². The van der Waals surface area contributed by atoms with Crippen molar-refractivity contribution in [1.29, 1.82) is 0 Å². The molecule has 8 heteroatoms. The highest BCUT2D eigenvalue weighted by Gasteiger charge is 2.42. The second kappa shape index (κ2) is 7.75. The highest BCUT2D eigenvalue weighted by Crippen LogP contribution is 2.41. The number of hydrogen-bond acceptors (Lipinski definition) is 2. The van der Waals surface area contributed by atoms with Gasteiger partial charge in [0.05, 0.1) is 23.3 Å². The van der Waals surface area contributed by atoms with E-state index in [1.165, 1.54) is 12.1 Å². The van der Waals surface area contributed by atoms with Gasteiger partial charge < -0.3 is 14.8 Å². The van der Waals surface area contributed by atoms with Gasteiger partial charge in [-0.05, 0) is 68.5 Å². The van der Waals surface area contributed by atoms with Crippen LogP contribution in [0.15, 0.2) is 67.0 Å². The van der Waals surface area contributed by atoms with E-state index in [9.17, 15) is 13.2 Å². The van der Waals surface area contributed by atoms with Gasteiger partial charge in [0, 0.05) is 29.8 Å². The Labute approximate surface area is 178 Å². The van der Waals surface area contributed by atoms with Crippen LogP contribution in [0.2, 0.25) is 0 Å². The molecule has 0 radical (unpaired) electrons. The standard InChI is InChI=1S/C22H21F3N4S/c1-14(2)29-20(19(27-21(29)30)17-9-3-4-11-26-17)18-10-6-12-28(18)16-8-5-7-15(13-16)22(23,24)25/h3-14,19-20H,1-2H3,(H,27,30)/t19-,20+/m0/s1. The quantitative estimate of drug-likeness (QED) is 0.572. The number of pyridine rings is 1. The summed E-state index contributed by atoms with van der Waals surface area (Å²) in [5.41, 5.74) is 1.43. The number of benzene rings is 1. The molecule has 0 spiro atoms. The molecule has 1 saturated heterocycles. The number of nitrogens with zero attached hydrogens (tertiary/aromatic N) is 3. The predicted molar refractivity (Wildman–Crippen MR) is 113 cm³/mol. The SMILES string of the molecule is CC(C)N1C(=S)N[C@@H](c2ccccn2)[C@H]1c1cccn1-c1cccc(C(F)(F)F)c1. The molecule has 3 aromatic rings. The molecule has 4 rings (SSSR count). The number of hydrogen-bond donors (Lipinski definition) is 1. The van der Waals surface area contributed by atoms with Gasteiger partial charge in [0.2, 0.25) is 0 Å². The third kappa shape index (κ3) is 3.67. The molecule has 1 aliphatic heterocycles. The van der Waals surface area contributed by atoms with Crippen molar-refractivity contribution >= 4 is 17.3 Å². The molecule has 1 fully saturated rings. The highest BCUT2D eigenvalue weighted by atomic mass is 32.1. The Morgan fingerprint density at radius 3 is 2.53 bits per heavy atom. The third-order valence-corrected chi connectivity index (χ3v) is 5.56. The number of rotatable bonds is 4. The molecule has 1 aromatic carbocycles. The van der Waals surface area contributed by atoms with Gasteiger partial charge in [0.1, 0.15) is 0 Å². The first-order valence-corrected chi connectivity index (χ1v) is 10.0. The Bertz CT molecular complexity index is 1050. The van der Waals surface area contributed by atoms with E-state index in [0.29, 0.717) is 10.8 Å². The molecule has 0 unspecified atom stereocenters. The lowest BCUT2D eigenvalue weighted by atomic mass is 10.00. The fourth-order valence-electron chi connectivity index (χ4n) is 3.94. The summed E-state index contributed by atoms with van der Waals surface area (Å²) in [7, 11) is 0. The van der Waals surface area contributed by atoms with Gasteiger partial charge in [-0.2, -0.15) is 13.2 Å². The summed E-state index contributed by atoms with van der Waals surface area (Å²) in [6.45, 7) is 4.08. The summed E-state index contributed by atoms with van der Waals surface area (Å²) in [5, 5.41) is 3.96. The molecule has 2 atom stereocenters. The van der Waals surface area contributed by atoms with Crippen LogP contribution in [0.1, 0.15) is 42.9 Å². The average molecular weight is 430 g/mol. The maximum absolute atomic E-state index is 13.3. The van der Waals surface area contributed by atoms with E-state index in [0.717, 1.165) is 17.5 Å². The Hall–Kier alpha value is -2.87. The molecule has 30 heavy (non-hydrogen) atoms. The van der Waals surface area contributed by atoms with Gasteiger partial charge in [-0.1, -0.05) is 12.1 Å². The first-order valence-electron chi connectivity index (χ1n) is 9.62. The van der Waals surface area contributed by atoms with Crippen LogP contribution < -0.4 is 5.32 Å². The van der Waals surface area contributed by atoms with Crippen LogP contribution in [0, 0.1) is 0 Å². The van der Waals surface area contributed by atoms with Crippen LogP contribution >= 0.6 is 12.2 Å². The first-order chi connectivity index (χ1) is 14.3. The summed E-state index contributed by atoms with van der Waals surface area (Å²) in [6.07, 6.45) is -0.901. The van der Waals surface area contributed by atoms with Crippen LogP contribution in [0.5, 0.6) is 0 Å². The number of thiocarbonyl (C=S) groups is 1. The highest BCUT2D eigenvalue weighted by molar-refractivity contribution is 7.80. The zero-order valence-corrected chi connectivity index (χ0v) is 17.3. The molecule has 0 amide bonds. The number of nitrogens with one attached hydrogen (secondary N) is 1. The second-order valence-electron chi connectivity index (χ2n) is 7.48. The third-order valence-electron chi connectivity index (χ3n) is 5.23. The van der Waals surface area contributed by atoms with E-state index < -0.39 is 11.7 Å².